The lowest BCUT2D eigenvalue weighted by molar-refractivity contribution is -0.187. The van der Waals surface area contributed by atoms with Gasteiger partial charge in [-0.1, -0.05) is 0 Å². The van der Waals surface area contributed by atoms with Crippen molar-refractivity contribution in [2.45, 2.75) is 30.2 Å². The smallest absolute Gasteiger partial charge is 0.367 e. The van der Waals surface area contributed by atoms with Gasteiger partial charge in [0.05, 0.1) is 0 Å². The maximum Gasteiger partial charge on any atom is 0.440 e. The van der Waals surface area contributed by atoms with Gasteiger partial charge in [-0.2, -0.15) is 39.0 Å². The second-order valence-corrected chi connectivity index (χ2v) is 5.49. The van der Waals surface area contributed by atoms with Crippen molar-refractivity contribution >= 4 is 18.6 Å². The molecule has 2 rings (SSSR count). The Hall–Kier alpha value is -1.85. The average Bonchev–Trinajstić information content (AvgIpc) is 2.80. The summed E-state index contributed by atoms with van der Waals surface area (Å²) in [4.78, 5) is 3.00. The number of benzene rings is 1. The van der Waals surface area contributed by atoms with E-state index >= 15 is 0 Å². The van der Waals surface area contributed by atoms with Gasteiger partial charge in [0.15, 0.2) is 0 Å². The van der Waals surface area contributed by atoms with Crippen LogP contribution in [0.15, 0.2) is 27.4 Å². The first-order valence-electron chi connectivity index (χ1n) is 6.20. The molecule has 0 radical (unpaired) electrons. The van der Waals surface area contributed by atoms with Gasteiger partial charge in [-0.05, 0) is 30.2 Å². The Labute approximate surface area is 136 Å². The third-order valence-corrected chi connectivity index (χ3v) is 3.88. The molecule has 1 aromatic rings. The van der Waals surface area contributed by atoms with Crippen LogP contribution in [0.4, 0.5) is 30.7 Å². The van der Waals surface area contributed by atoms with Crippen LogP contribution in [0.1, 0.15) is 21.9 Å². The fraction of sp³-hybridized carbons (Fsp3) is 0.417. The highest BCUT2D eigenvalue weighted by molar-refractivity contribution is 7.80. The number of aliphatic imine (C=N–C) groups is 1. The minimum absolute atomic E-state index is 0.224. The van der Waals surface area contributed by atoms with Gasteiger partial charge in [0.2, 0.25) is 5.96 Å². The van der Waals surface area contributed by atoms with Crippen molar-refractivity contribution in [1.82, 2.24) is 0 Å². The number of azo groups is 1. The molecule has 0 saturated heterocycles. The van der Waals surface area contributed by atoms with Gasteiger partial charge in [-0.25, -0.2) is 9.38 Å². The molecule has 1 heterocycles. The maximum atomic E-state index is 14.1. The second kappa shape index (κ2) is 5.60. The molecule has 132 valence electrons. The number of guanidine groups is 1. The number of hydrogen-bond donors (Lipinski definition) is 2. The largest absolute Gasteiger partial charge is 0.440 e. The van der Waals surface area contributed by atoms with Crippen LogP contribution >= 0.6 is 12.6 Å². The monoisotopic (exact) mass is 374 g/mol. The Morgan fingerprint density at radius 1 is 1.17 bits per heavy atom. The van der Waals surface area contributed by atoms with Crippen LogP contribution in [-0.4, -0.2) is 18.3 Å². The number of hydrogen-bond acceptors (Lipinski definition) is 5. The predicted molar refractivity (Wildman–Crippen MR) is 73.1 cm³/mol. The Balaban J connectivity index is 2.73. The fourth-order valence-corrected chi connectivity index (χ4v) is 2.43. The Morgan fingerprint density at radius 3 is 2.17 bits per heavy atom. The summed E-state index contributed by atoms with van der Waals surface area (Å²) in [5.41, 5.74) is -0.570. The number of alkyl halides is 6. The van der Waals surface area contributed by atoms with Gasteiger partial charge in [0.25, 0.3) is 5.66 Å². The zero-order valence-electron chi connectivity index (χ0n) is 11.7. The number of halogens is 7. The summed E-state index contributed by atoms with van der Waals surface area (Å²) in [6.07, 6.45) is -10.1. The van der Waals surface area contributed by atoms with Gasteiger partial charge >= 0.3 is 12.4 Å². The van der Waals surface area contributed by atoms with E-state index in [2.05, 4.69) is 27.8 Å². The van der Waals surface area contributed by atoms with Crippen LogP contribution in [0.2, 0.25) is 0 Å². The molecule has 2 N–H and O–H groups in total. The molecular formula is C12H9F7N4S. The molecule has 2 atom stereocenters. The molecule has 0 amide bonds. The summed E-state index contributed by atoms with van der Waals surface area (Å²) in [5.74, 6) is -2.30. The molecule has 0 bridgehead atoms. The summed E-state index contributed by atoms with van der Waals surface area (Å²) in [7, 11) is 0. The van der Waals surface area contributed by atoms with E-state index in [4.69, 9.17) is 5.73 Å². The lowest BCUT2D eigenvalue weighted by Gasteiger charge is -2.27. The predicted octanol–water partition coefficient (Wildman–Crippen LogP) is 4.16. The second-order valence-electron chi connectivity index (χ2n) is 4.97. The molecule has 0 fully saturated rings. The minimum Gasteiger partial charge on any atom is -0.367 e. The summed E-state index contributed by atoms with van der Waals surface area (Å²) < 4.78 is 92.8. The molecule has 0 aliphatic carbocycles. The van der Waals surface area contributed by atoms with Crippen molar-refractivity contribution < 1.29 is 30.7 Å². The third-order valence-electron chi connectivity index (χ3n) is 3.30. The maximum absolute atomic E-state index is 14.1. The number of aryl methyl sites for hydroxylation is 1. The first-order valence-corrected chi connectivity index (χ1v) is 6.71. The first-order chi connectivity index (χ1) is 10.8. The highest BCUT2D eigenvalue weighted by atomic mass is 32.1. The van der Waals surface area contributed by atoms with Crippen LogP contribution in [-0.2, 0) is 5.66 Å². The average molecular weight is 374 g/mol. The fourth-order valence-electron chi connectivity index (χ4n) is 2.15. The summed E-state index contributed by atoms with van der Waals surface area (Å²) >= 11 is 3.37. The van der Waals surface area contributed by atoms with Gasteiger partial charge in [0.1, 0.15) is 11.1 Å². The van der Waals surface area contributed by atoms with E-state index in [1.165, 1.54) is 0 Å². The van der Waals surface area contributed by atoms with E-state index in [1.54, 1.807) is 0 Å². The lowest BCUT2D eigenvalue weighted by Crippen LogP contribution is -2.39. The molecule has 2 unspecified atom stereocenters. The lowest BCUT2D eigenvalue weighted by atomic mass is 9.93. The molecule has 4 nitrogen and oxygen atoms in total. The molecule has 0 spiro atoms. The van der Waals surface area contributed by atoms with Crippen LogP contribution in [0.25, 0.3) is 0 Å². The van der Waals surface area contributed by atoms with Gasteiger partial charge in [-0.15, -0.1) is 10.2 Å². The molecule has 1 aromatic carbocycles. The third kappa shape index (κ3) is 2.94. The van der Waals surface area contributed by atoms with Crippen LogP contribution < -0.4 is 5.73 Å². The summed E-state index contributed by atoms with van der Waals surface area (Å²) in [6.45, 7) is 1.12. The van der Waals surface area contributed by atoms with Crippen molar-refractivity contribution in [3.63, 3.8) is 0 Å². The van der Waals surface area contributed by atoms with Crippen molar-refractivity contribution in [1.29, 1.82) is 0 Å². The van der Waals surface area contributed by atoms with Crippen molar-refractivity contribution in [3.05, 3.63) is 34.6 Å². The quantitative estimate of drug-likeness (QED) is 0.593. The highest BCUT2D eigenvalue weighted by Crippen LogP contribution is 2.49. The molecule has 24 heavy (non-hydrogen) atoms. The molecule has 1 aliphatic rings. The van der Waals surface area contributed by atoms with Crippen molar-refractivity contribution in [2.75, 3.05) is 0 Å². The van der Waals surface area contributed by atoms with E-state index in [9.17, 15) is 30.7 Å². The van der Waals surface area contributed by atoms with Gasteiger partial charge < -0.3 is 5.73 Å². The number of thiol groups is 1. The minimum atomic E-state index is -5.27. The SMILES string of the molecule is Cc1cc(F)c(C2(C(F)(F)F)N=NC(N)=N2)cc1C(S)C(F)(F)F. The number of nitrogens with zero attached hydrogens (tertiary/aromatic N) is 3. The van der Waals surface area contributed by atoms with E-state index in [0.717, 1.165) is 6.92 Å². The number of rotatable bonds is 2. The van der Waals surface area contributed by atoms with Gasteiger partial charge in [0, 0.05) is 5.56 Å². The van der Waals surface area contributed by atoms with Crippen molar-refractivity contribution in [3.8, 4) is 0 Å². The van der Waals surface area contributed by atoms with E-state index in [1.807, 2.05) is 0 Å². The zero-order chi connectivity index (χ0) is 18.5. The first kappa shape index (κ1) is 18.5. The molecule has 0 saturated carbocycles. The standard InChI is InChI=1S/C12H9F7N4S/c1-4-2-7(13)6(3-5(4)8(24)11(14,15)16)10(12(17,18)19)21-9(20)22-23-10/h2-3,8,24H,1H3,(H2,20,21). The normalized spacial score (nSPS) is 22.6. The Bertz CT molecular complexity index is 725. The van der Waals surface area contributed by atoms with Crippen LogP contribution in [0, 0.1) is 12.7 Å². The molecule has 0 aromatic heterocycles. The Kier molecular flexibility index (Phi) is 4.32. The molecular weight excluding hydrogens is 365 g/mol. The molecule has 12 heteroatoms. The summed E-state index contributed by atoms with van der Waals surface area (Å²) in [6, 6.07) is 0.928. The van der Waals surface area contributed by atoms with E-state index < -0.39 is 46.2 Å². The summed E-state index contributed by atoms with van der Waals surface area (Å²) in [5, 5.41) is 3.40. The van der Waals surface area contributed by atoms with Crippen molar-refractivity contribution in [2.24, 2.45) is 21.0 Å². The van der Waals surface area contributed by atoms with Crippen LogP contribution in [0.3, 0.4) is 0 Å². The van der Waals surface area contributed by atoms with E-state index in [-0.39, 0.29) is 5.56 Å². The highest BCUT2D eigenvalue weighted by Gasteiger charge is 2.61. The number of nitrogens with two attached hydrogens (primary N) is 1. The van der Waals surface area contributed by atoms with Crippen LogP contribution in [0.5, 0.6) is 0 Å². The van der Waals surface area contributed by atoms with E-state index in [0.29, 0.717) is 12.1 Å². The Morgan fingerprint density at radius 2 is 1.75 bits per heavy atom. The zero-order valence-corrected chi connectivity index (χ0v) is 12.6. The van der Waals surface area contributed by atoms with Gasteiger partial charge in [-0.3, -0.25) is 0 Å². The molecule has 1 aliphatic heterocycles. The topological polar surface area (TPSA) is 63.1 Å².